The van der Waals surface area contributed by atoms with Crippen molar-refractivity contribution >= 4 is 15.9 Å². The SMILES string of the molecule is CC.O=c1cc(COc2ccccc2)ccn1-c1ccc(Br)cc1. The van der Waals surface area contributed by atoms with Gasteiger partial charge in [-0.1, -0.05) is 48.0 Å². The Labute approximate surface area is 150 Å². The standard InChI is InChI=1S/C18H14BrNO2.C2H6/c19-15-6-8-16(9-7-15)20-11-10-14(12-18(20)21)13-22-17-4-2-1-3-5-17;1-2/h1-12H,13H2;1-2H3. The first-order chi connectivity index (χ1) is 11.7. The lowest BCUT2D eigenvalue weighted by Gasteiger charge is -2.09. The largest absolute Gasteiger partial charge is 0.489 e. The lowest BCUT2D eigenvalue weighted by Crippen LogP contribution is -2.17. The lowest BCUT2D eigenvalue weighted by molar-refractivity contribution is 0.306. The number of hydrogen-bond donors (Lipinski definition) is 0. The van der Waals surface area contributed by atoms with Crippen LogP contribution in [0.1, 0.15) is 19.4 Å². The van der Waals surface area contributed by atoms with E-state index in [1.54, 1.807) is 16.8 Å². The quantitative estimate of drug-likeness (QED) is 0.617. The molecule has 4 heteroatoms. The first-order valence-electron chi connectivity index (χ1n) is 7.88. The highest BCUT2D eigenvalue weighted by Gasteiger charge is 2.02. The first kappa shape index (κ1) is 18.0. The van der Waals surface area contributed by atoms with Gasteiger partial charge in [-0.15, -0.1) is 0 Å². The molecular weight excluding hydrogens is 366 g/mol. The van der Waals surface area contributed by atoms with Crippen LogP contribution in [0.15, 0.2) is 82.2 Å². The molecule has 0 amide bonds. The third kappa shape index (κ3) is 4.83. The van der Waals surface area contributed by atoms with Crippen LogP contribution in [0.4, 0.5) is 0 Å². The third-order valence-corrected chi connectivity index (χ3v) is 3.77. The second kappa shape index (κ2) is 9.08. The van der Waals surface area contributed by atoms with Crippen molar-refractivity contribution in [2.24, 2.45) is 0 Å². The van der Waals surface area contributed by atoms with E-state index in [-0.39, 0.29) is 5.56 Å². The summed E-state index contributed by atoms with van der Waals surface area (Å²) in [5, 5.41) is 0. The molecule has 0 bridgehead atoms. The van der Waals surface area contributed by atoms with Gasteiger partial charge >= 0.3 is 0 Å². The average molecular weight is 386 g/mol. The van der Waals surface area contributed by atoms with Crippen LogP contribution in [-0.4, -0.2) is 4.57 Å². The maximum atomic E-state index is 12.2. The molecule has 0 fully saturated rings. The van der Waals surface area contributed by atoms with Crippen LogP contribution in [0.2, 0.25) is 0 Å². The highest BCUT2D eigenvalue weighted by atomic mass is 79.9. The molecule has 0 aliphatic heterocycles. The Morgan fingerprint density at radius 3 is 2.25 bits per heavy atom. The zero-order chi connectivity index (χ0) is 17.4. The lowest BCUT2D eigenvalue weighted by atomic mass is 10.2. The number of pyridine rings is 1. The van der Waals surface area contributed by atoms with Crippen molar-refractivity contribution in [1.82, 2.24) is 4.57 Å². The van der Waals surface area contributed by atoms with Gasteiger partial charge in [-0.25, -0.2) is 0 Å². The molecule has 0 atom stereocenters. The van der Waals surface area contributed by atoms with Gasteiger partial charge in [0.2, 0.25) is 0 Å². The van der Waals surface area contributed by atoms with Gasteiger partial charge in [-0.3, -0.25) is 9.36 Å². The molecule has 24 heavy (non-hydrogen) atoms. The van der Waals surface area contributed by atoms with Crippen LogP contribution < -0.4 is 10.3 Å². The van der Waals surface area contributed by atoms with Gasteiger partial charge < -0.3 is 4.74 Å². The molecule has 3 rings (SSSR count). The van der Waals surface area contributed by atoms with Crippen molar-refractivity contribution in [3.8, 4) is 11.4 Å². The van der Waals surface area contributed by atoms with E-state index in [4.69, 9.17) is 4.74 Å². The molecule has 3 nitrogen and oxygen atoms in total. The number of hydrogen-bond acceptors (Lipinski definition) is 2. The summed E-state index contributed by atoms with van der Waals surface area (Å²) < 4.78 is 8.25. The van der Waals surface area contributed by atoms with Gasteiger partial charge in [0.25, 0.3) is 5.56 Å². The molecule has 0 saturated carbocycles. The molecule has 0 radical (unpaired) electrons. The summed E-state index contributed by atoms with van der Waals surface area (Å²) in [6.45, 7) is 4.38. The van der Waals surface area contributed by atoms with E-state index in [0.29, 0.717) is 6.61 Å². The fraction of sp³-hybridized carbons (Fsp3) is 0.150. The Bertz CT molecular complexity index is 811. The molecule has 0 spiro atoms. The summed E-state index contributed by atoms with van der Waals surface area (Å²) in [5.74, 6) is 0.791. The summed E-state index contributed by atoms with van der Waals surface area (Å²) in [5.41, 5.74) is 1.61. The van der Waals surface area contributed by atoms with Crippen molar-refractivity contribution in [1.29, 1.82) is 0 Å². The number of halogens is 1. The van der Waals surface area contributed by atoms with E-state index >= 15 is 0 Å². The van der Waals surface area contributed by atoms with Gasteiger partial charge in [0.05, 0.1) is 0 Å². The minimum absolute atomic E-state index is 0.0727. The average Bonchev–Trinajstić information content (AvgIpc) is 2.64. The number of nitrogens with zero attached hydrogens (tertiary/aromatic N) is 1. The van der Waals surface area contributed by atoms with Gasteiger partial charge in [-0.2, -0.15) is 0 Å². The van der Waals surface area contributed by atoms with E-state index in [2.05, 4.69) is 15.9 Å². The smallest absolute Gasteiger partial charge is 0.255 e. The van der Waals surface area contributed by atoms with E-state index in [0.717, 1.165) is 21.5 Å². The van der Waals surface area contributed by atoms with E-state index in [1.165, 1.54) is 0 Å². The fourth-order valence-corrected chi connectivity index (χ4v) is 2.37. The van der Waals surface area contributed by atoms with Gasteiger partial charge in [-0.05, 0) is 48.0 Å². The Balaban J connectivity index is 0.00000100. The topological polar surface area (TPSA) is 31.2 Å². The molecule has 0 unspecified atom stereocenters. The number of rotatable bonds is 4. The first-order valence-corrected chi connectivity index (χ1v) is 8.67. The van der Waals surface area contributed by atoms with Crippen molar-refractivity contribution in [2.75, 3.05) is 0 Å². The van der Waals surface area contributed by atoms with Crippen LogP contribution in [0.3, 0.4) is 0 Å². The highest BCUT2D eigenvalue weighted by molar-refractivity contribution is 9.10. The maximum Gasteiger partial charge on any atom is 0.255 e. The molecule has 1 aromatic heterocycles. The van der Waals surface area contributed by atoms with E-state index in [9.17, 15) is 4.79 Å². The van der Waals surface area contributed by atoms with Crippen LogP contribution in [0.25, 0.3) is 5.69 Å². The molecule has 1 heterocycles. The summed E-state index contributed by atoms with van der Waals surface area (Å²) in [6.07, 6.45) is 1.77. The molecule has 124 valence electrons. The van der Waals surface area contributed by atoms with Crippen molar-refractivity contribution in [3.63, 3.8) is 0 Å². The minimum Gasteiger partial charge on any atom is -0.489 e. The third-order valence-electron chi connectivity index (χ3n) is 3.24. The molecule has 3 aromatic rings. The molecular formula is C20H20BrNO2. The van der Waals surface area contributed by atoms with Crippen LogP contribution >= 0.6 is 15.9 Å². The highest BCUT2D eigenvalue weighted by Crippen LogP contribution is 2.14. The molecule has 2 aromatic carbocycles. The van der Waals surface area contributed by atoms with Crippen LogP contribution in [0, 0.1) is 0 Å². The molecule has 0 N–H and O–H groups in total. The maximum absolute atomic E-state index is 12.2. The number of aromatic nitrogens is 1. The number of para-hydroxylation sites is 1. The Hall–Kier alpha value is -2.33. The summed E-state index contributed by atoms with van der Waals surface area (Å²) in [4.78, 5) is 12.2. The summed E-state index contributed by atoms with van der Waals surface area (Å²) in [6, 6.07) is 20.7. The monoisotopic (exact) mass is 385 g/mol. The number of ether oxygens (including phenoxy) is 1. The Morgan fingerprint density at radius 1 is 0.958 bits per heavy atom. The van der Waals surface area contributed by atoms with Crippen molar-refractivity contribution in [3.05, 3.63) is 93.3 Å². The molecule has 0 saturated heterocycles. The Morgan fingerprint density at radius 2 is 1.62 bits per heavy atom. The number of benzene rings is 2. The van der Waals surface area contributed by atoms with Gasteiger partial charge in [0, 0.05) is 22.4 Å². The van der Waals surface area contributed by atoms with Crippen molar-refractivity contribution in [2.45, 2.75) is 20.5 Å². The van der Waals surface area contributed by atoms with Gasteiger partial charge in [0.1, 0.15) is 12.4 Å². The second-order valence-electron chi connectivity index (χ2n) is 4.82. The molecule has 0 aliphatic carbocycles. The van der Waals surface area contributed by atoms with Crippen LogP contribution in [-0.2, 0) is 6.61 Å². The summed E-state index contributed by atoms with van der Waals surface area (Å²) >= 11 is 3.39. The summed E-state index contributed by atoms with van der Waals surface area (Å²) in [7, 11) is 0. The predicted molar refractivity (Wildman–Crippen MR) is 102 cm³/mol. The normalized spacial score (nSPS) is 9.79. The van der Waals surface area contributed by atoms with Crippen LogP contribution in [0.5, 0.6) is 5.75 Å². The molecule has 0 aliphatic rings. The predicted octanol–water partition coefficient (Wildman–Crippen LogP) is 5.21. The minimum atomic E-state index is -0.0727. The fourth-order valence-electron chi connectivity index (χ4n) is 2.11. The Kier molecular flexibility index (Phi) is 6.82. The van der Waals surface area contributed by atoms with E-state index in [1.807, 2.05) is 74.5 Å². The zero-order valence-corrected chi connectivity index (χ0v) is 15.4. The van der Waals surface area contributed by atoms with Crippen molar-refractivity contribution < 1.29 is 4.74 Å². The van der Waals surface area contributed by atoms with E-state index < -0.39 is 0 Å². The second-order valence-corrected chi connectivity index (χ2v) is 5.74. The zero-order valence-electron chi connectivity index (χ0n) is 13.8. The van der Waals surface area contributed by atoms with Gasteiger partial charge in [0.15, 0.2) is 0 Å².